The zero-order valence-electron chi connectivity index (χ0n) is 14.7. The Labute approximate surface area is 148 Å². The van der Waals surface area contributed by atoms with Gasteiger partial charge in [-0.05, 0) is 63.1 Å². The van der Waals surface area contributed by atoms with Crippen LogP contribution >= 0.6 is 0 Å². The predicted octanol–water partition coefficient (Wildman–Crippen LogP) is 3.91. The van der Waals surface area contributed by atoms with Crippen LogP contribution in [-0.2, 0) is 10.0 Å². The lowest BCUT2D eigenvalue weighted by atomic mass is 10.1. The third-order valence-electron chi connectivity index (χ3n) is 4.32. The topological polar surface area (TPSA) is 64.0 Å². The Morgan fingerprint density at radius 2 is 1.60 bits per heavy atom. The van der Waals surface area contributed by atoms with Gasteiger partial charge in [-0.15, -0.1) is 0 Å². The second kappa shape index (κ2) is 6.37. The summed E-state index contributed by atoms with van der Waals surface area (Å²) < 4.78 is 30.0. The second-order valence-electron chi connectivity index (χ2n) is 6.14. The Bertz CT molecular complexity index is 1020. The average molecular weight is 355 g/mol. The summed E-state index contributed by atoms with van der Waals surface area (Å²) in [5, 5.41) is 4.48. The van der Waals surface area contributed by atoms with Crippen LogP contribution in [0.5, 0.6) is 0 Å². The minimum atomic E-state index is -3.67. The molecule has 3 rings (SSSR count). The van der Waals surface area contributed by atoms with Gasteiger partial charge in [0, 0.05) is 0 Å². The molecule has 6 heteroatoms. The van der Waals surface area contributed by atoms with Crippen LogP contribution in [0.4, 0.5) is 5.69 Å². The molecule has 0 saturated heterocycles. The number of aromatic nitrogens is 2. The molecule has 2 aromatic carbocycles. The normalized spacial score (nSPS) is 11.5. The molecule has 0 aliphatic carbocycles. The molecule has 0 bridgehead atoms. The molecule has 0 unspecified atom stereocenters. The highest BCUT2D eigenvalue weighted by Crippen LogP contribution is 2.26. The number of hydrogen-bond acceptors (Lipinski definition) is 3. The van der Waals surface area contributed by atoms with Crippen molar-refractivity contribution in [2.24, 2.45) is 0 Å². The van der Waals surface area contributed by atoms with E-state index in [1.165, 1.54) is 0 Å². The van der Waals surface area contributed by atoms with Crippen LogP contribution in [0.3, 0.4) is 0 Å². The number of benzene rings is 2. The Hall–Kier alpha value is -2.60. The fourth-order valence-electron chi connectivity index (χ4n) is 2.69. The first-order chi connectivity index (χ1) is 11.8. The molecular weight excluding hydrogens is 334 g/mol. The van der Waals surface area contributed by atoms with Crippen molar-refractivity contribution in [2.45, 2.75) is 32.6 Å². The lowest BCUT2D eigenvalue weighted by Crippen LogP contribution is -2.14. The molecule has 5 nitrogen and oxygen atoms in total. The maximum atomic E-state index is 12.8. The minimum Gasteiger partial charge on any atom is -0.276 e. The first-order valence-corrected chi connectivity index (χ1v) is 9.49. The number of anilines is 1. The van der Waals surface area contributed by atoms with Crippen LogP contribution in [0.1, 0.15) is 22.5 Å². The smallest absolute Gasteiger partial charge is 0.262 e. The van der Waals surface area contributed by atoms with Crippen LogP contribution in [0.2, 0.25) is 0 Å². The van der Waals surface area contributed by atoms with Gasteiger partial charge in [-0.1, -0.05) is 24.3 Å². The van der Waals surface area contributed by atoms with Gasteiger partial charge in [0.05, 0.1) is 27.7 Å². The van der Waals surface area contributed by atoms with Gasteiger partial charge in [-0.3, -0.25) is 4.72 Å². The van der Waals surface area contributed by atoms with Crippen molar-refractivity contribution < 1.29 is 8.42 Å². The number of para-hydroxylation sites is 1. The van der Waals surface area contributed by atoms with E-state index >= 15 is 0 Å². The van der Waals surface area contributed by atoms with Crippen molar-refractivity contribution in [3.05, 3.63) is 71.0 Å². The third-order valence-corrected chi connectivity index (χ3v) is 5.66. The van der Waals surface area contributed by atoms with E-state index < -0.39 is 10.0 Å². The fraction of sp³-hybridized carbons (Fsp3) is 0.211. The molecule has 1 N–H and O–H groups in total. The van der Waals surface area contributed by atoms with Crippen molar-refractivity contribution >= 4 is 15.7 Å². The number of aryl methyl sites for hydroxylation is 3. The fourth-order valence-corrected chi connectivity index (χ4v) is 3.95. The standard InChI is InChI=1S/C19H21N3O2S/c1-13-10-11-18(12-14(13)2)25(23,24)21-19-15(3)20-22(16(19)4)17-8-6-5-7-9-17/h5-12,21H,1-4H3. The van der Waals surface area contributed by atoms with Gasteiger partial charge < -0.3 is 0 Å². The van der Waals surface area contributed by atoms with E-state index in [-0.39, 0.29) is 4.90 Å². The third kappa shape index (κ3) is 3.30. The van der Waals surface area contributed by atoms with Crippen LogP contribution in [0, 0.1) is 27.7 Å². The molecule has 130 valence electrons. The Balaban J connectivity index is 2.00. The summed E-state index contributed by atoms with van der Waals surface area (Å²) in [6.45, 7) is 7.51. The Morgan fingerprint density at radius 1 is 0.920 bits per heavy atom. The summed E-state index contributed by atoms with van der Waals surface area (Å²) in [5.74, 6) is 0. The van der Waals surface area contributed by atoms with E-state index in [9.17, 15) is 8.42 Å². The molecule has 0 atom stereocenters. The molecule has 0 saturated carbocycles. The largest absolute Gasteiger partial charge is 0.276 e. The van der Waals surface area contributed by atoms with E-state index in [1.807, 2.05) is 57.2 Å². The Kier molecular flexibility index (Phi) is 4.39. The number of hydrogen-bond donors (Lipinski definition) is 1. The molecule has 0 fully saturated rings. The molecule has 0 amide bonds. The molecule has 0 radical (unpaired) electrons. The summed E-state index contributed by atoms with van der Waals surface area (Å²) in [4.78, 5) is 0.252. The monoisotopic (exact) mass is 355 g/mol. The summed E-state index contributed by atoms with van der Waals surface area (Å²) in [7, 11) is -3.67. The summed E-state index contributed by atoms with van der Waals surface area (Å²) >= 11 is 0. The van der Waals surface area contributed by atoms with E-state index in [1.54, 1.807) is 23.7 Å². The molecule has 1 aromatic heterocycles. The quantitative estimate of drug-likeness (QED) is 0.772. The van der Waals surface area contributed by atoms with Gasteiger partial charge in [0.25, 0.3) is 10.0 Å². The van der Waals surface area contributed by atoms with Gasteiger partial charge >= 0.3 is 0 Å². The SMILES string of the molecule is Cc1ccc(S(=O)(=O)Nc2c(C)nn(-c3ccccc3)c2C)cc1C. The molecule has 3 aromatic rings. The van der Waals surface area contributed by atoms with Crippen LogP contribution in [0.25, 0.3) is 5.69 Å². The van der Waals surface area contributed by atoms with Crippen molar-refractivity contribution in [3.63, 3.8) is 0 Å². The van der Waals surface area contributed by atoms with Crippen molar-refractivity contribution in [1.29, 1.82) is 0 Å². The van der Waals surface area contributed by atoms with Gasteiger partial charge in [-0.2, -0.15) is 5.10 Å². The zero-order valence-corrected chi connectivity index (χ0v) is 15.6. The van der Waals surface area contributed by atoms with Crippen molar-refractivity contribution in [2.75, 3.05) is 4.72 Å². The van der Waals surface area contributed by atoms with Crippen LogP contribution in [0.15, 0.2) is 53.4 Å². The number of nitrogens with zero attached hydrogens (tertiary/aromatic N) is 2. The van der Waals surface area contributed by atoms with Crippen molar-refractivity contribution in [1.82, 2.24) is 9.78 Å². The summed E-state index contributed by atoms with van der Waals surface area (Å²) in [6, 6.07) is 14.8. The number of sulfonamides is 1. The predicted molar refractivity (Wildman–Crippen MR) is 99.8 cm³/mol. The van der Waals surface area contributed by atoms with Crippen molar-refractivity contribution in [3.8, 4) is 5.69 Å². The molecule has 25 heavy (non-hydrogen) atoms. The molecule has 0 aliphatic rings. The maximum absolute atomic E-state index is 12.8. The number of rotatable bonds is 4. The average Bonchev–Trinajstić information content (AvgIpc) is 2.86. The minimum absolute atomic E-state index is 0.252. The van der Waals surface area contributed by atoms with Gasteiger partial charge in [0.1, 0.15) is 0 Å². The van der Waals surface area contributed by atoms with Crippen LogP contribution < -0.4 is 4.72 Å². The lowest BCUT2D eigenvalue weighted by Gasteiger charge is -2.10. The van der Waals surface area contributed by atoms with Gasteiger partial charge in [0.2, 0.25) is 0 Å². The summed E-state index contributed by atoms with van der Waals surface area (Å²) in [6.07, 6.45) is 0. The van der Waals surface area contributed by atoms with E-state index in [2.05, 4.69) is 9.82 Å². The van der Waals surface area contributed by atoms with Gasteiger partial charge in [-0.25, -0.2) is 13.1 Å². The Morgan fingerprint density at radius 3 is 2.24 bits per heavy atom. The number of nitrogens with one attached hydrogen (secondary N) is 1. The molecular formula is C19H21N3O2S. The van der Waals surface area contributed by atoms with E-state index in [0.29, 0.717) is 11.4 Å². The molecule has 1 heterocycles. The molecule has 0 aliphatic heterocycles. The first kappa shape index (κ1) is 17.2. The second-order valence-corrected chi connectivity index (χ2v) is 7.83. The highest BCUT2D eigenvalue weighted by atomic mass is 32.2. The lowest BCUT2D eigenvalue weighted by molar-refractivity contribution is 0.601. The van der Waals surface area contributed by atoms with E-state index in [0.717, 1.165) is 22.5 Å². The van der Waals surface area contributed by atoms with E-state index in [4.69, 9.17) is 0 Å². The molecule has 0 spiro atoms. The highest BCUT2D eigenvalue weighted by molar-refractivity contribution is 7.92. The maximum Gasteiger partial charge on any atom is 0.262 e. The first-order valence-electron chi connectivity index (χ1n) is 8.01. The zero-order chi connectivity index (χ0) is 18.2. The van der Waals surface area contributed by atoms with Gasteiger partial charge in [0.15, 0.2) is 0 Å². The van der Waals surface area contributed by atoms with Crippen LogP contribution in [-0.4, -0.2) is 18.2 Å². The summed E-state index contributed by atoms with van der Waals surface area (Å²) in [5.41, 5.74) is 4.78. The highest BCUT2D eigenvalue weighted by Gasteiger charge is 2.20.